The minimum Gasteiger partial charge on any atom is -0.332 e. The number of nitrogens with zero attached hydrogens (tertiary/aromatic N) is 3. The number of aromatic nitrogens is 3. The summed E-state index contributed by atoms with van der Waals surface area (Å²) < 4.78 is 5.09. The summed E-state index contributed by atoms with van der Waals surface area (Å²) in [7, 11) is 0. The van der Waals surface area contributed by atoms with Crippen molar-refractivity contribution in [1.29, 1.82) is 0 Å². The van der Waals surface area contributed by atoms with Crippen LogP contribution in [0.3, 0.4) is 0 Å². The van der Waals surface area contributed by atoms with Gasteiger partial charge in [-0.15, -0.1) is 11.3 Å². The SMILES string of the molecule is CCC(N)c1noc(-c2csc(C)n2)n1. The molecule has 80 valence electrons. The molecule has 0 radical (unpaired) electrons. The molecule has 0 aliphatic rings. The van der Waals surface area contributed by atoms with Crippen LogP contribution in [0, 0.1) is 6.92 Å². The second kappa shape index (κ2) is 4.08. The standard InChI is InChI=1S/C9H12N4OS/c1-3-6(10)8-12-9(14-13-8)7-4-15-5(2)11-7/h4,6H,3,10H2,1-2H3. The molecule has 1 unspecified atom stereocenters. The van der Waals surface area contributed by atoms with Crippen LogP contribution in [0.25, 0.3) is 11.6 Å². The normalized spacial score (nSPS) is 13.0. The maximum Gasteiger partial charge on any atom is 0.277 e. The fourth-order valence-corrected chi connectivity index (χ4v) is 1.72. The van der Waals surface area contributed by atoms with E-state index in [4.69, 9.17) is 10.3 Å². The first-order chi connectivity index (χ1) is 7.20. The molecule has 2 N–H and O–H groups in total. The smallest absolute Gasteiger partial charge is 0.277 e. The summed E-state index contributed by atoms with van der Waals surface area (Å²) in [6, 6.07) is -0.165. The van der Waals surface area contributed by atoms with Gasteiger partial charge >= 0.3 is 0 Å². The lowest BCUT2D eigenvalue weighted by Crippen LogP contribution is -2.10. The van der Waals surface area contributed by atoms with Crippen molar-refractivity contribution in [3.63, 3.8) is 0 Å². The summed E-state index contributed by atoms with van der Waals surface area (Å²) >= 11 is 1.55. The van der Waals surface area contributed by atoms with Crippen molar-refractivity contribution >= 4 is 11.3 Å². The van der Waals surface area contributed by atoms with Crippen molar-refractivity contribution in [2.24, 2.45) is 5.73 Å². The summed E-state index contributed by atoms with van der Waals surface area (Å²) in [4.78, 5) is 8.47. The predicted molar refractivity (Wildman–Crippen MR) is 57.4 cm³/mol. The quantitative estimate of drug-likeness (QED) is 0.861. The fourth-order valence-electron chi connectivity index (χ4n) is 1.13. The number of nitrogens with two attached hydrogens (primary N) is 1. The van der Waals surface area contributed by atoms with E-state index in [-0.39, 0.29) is 6.04 Å². The Balaban J connectivity index is 2.27. The highest BCUT2D eigenvalue weighted by atomic mass is 32.1. The maximum atomic E-state index is 5.79. The largest absolute Gasteiger partial charge is 0.332 e. The van der Waals surface area contributed by atoms with Gasteiger partial charge in [-0.3, -0.25) is 0 Å². The first kappa shape index (κ1) is 10.3. The zero-order chi connectivity index (χ0) is 10.8. The Bertz CT molecular complexity index is 450. The van der Waals surface area contributed by atoms with Gasteiger partial charge in [-0.2, -0.15) is 4.98 Å². The lowest BCUT2D eigenvalue weighted by Gasteiger charge is -1.98. The Morgan fingerprint density at radius 1 is 1.53 bits per heavy atom. The minimum atomic E-state index is -0.165. The molecule has 0 saturated heterocycles. The number of thiazole rings is 1. The molecule has 0 amide bonds. The van der Waals surface area contributed by atoms with Crippen molar-refractivity contribution in [1.82, 2.24) is 15.1 Å². The van der Waals surface area contributed by atoms with Crippen LogP contribution >= 0.6 is 11.3 Å². The van der Waals surface area contributed by atoms with E-state index in [0.29, 0.717) is 11.7 Å². The van der Waals surface area contributed by atoms with E-state index < -0.39 is 0 Å². The van der Waals surface area contributed by atoms with E-state index in [1.807, 2.05) is 19.2 Å². The lowest BCUT2D eigenvalue weighted by molar-refractivity contribution is 0.414. The van der Waals surface area contributed by atoms with Gasteiger partial charge in [-0.1, -0.05) is 12.1 Å². The molecule has 0 bridgehead atoms. The van der Waals surface area contributed by atoms with E-state index >= 15 is 0 Å². The van der Waals surface area contributed by atoms with Crippen molar-refractivity contribution in [3.8, 4) is 11.6 Å². The monoisotopic (exact) mass is 224 g/mol. The second-order valence-electron chi connectivity index (χ2n) is 3.22. The Hall–Kier alpha value is -1.27. The Kier molecular flexibility index (Phi) is 2.79. The summed E-state index contributed by atoms with van der Waals surface area (Å²) in [5.41, 5.74) is 6.51. The molecule has 15 heavy (non-hydrogen) atoms. The average Bonchev–Trinajstić information content (AvgIpc) is 2.84. The van der Waals surface area contributed by atoms with Crippen molar-refractivity contribution < 1.29 is 4.52 Å². The third-order valence-electron chi connectivity index (χ3n) is 2.05. The van der Waals surface area contributed by atoms with Gasteiger partial charge in [-0.05, 0) is 13.3 Å². The number of hydrogen-bond donors (Lipinski definition) is 1. The van der Waals surface area contributed by atoms with Crippen LogP contribution in [0.2, 0.25) is 0 Å². The molecule has 2 aromatic rings. The van der Waals surface area contributed by atoms with Crippen molar-refractivity contribution in [2.45, 2.75) is 26.3 Å². The number of aryl methyl sites for hydroxylation is 1. The van der Waals surface area contributed by atoms with E-state index in [9.17, 15) is 0 Å². The van der Waals surface area contributed by atoms with Gasteiger partial charge in [0.1, 0.15) is 5.69 Å². The van der Waals surface area contributed by atoms with Crippen LogP contribution < -0.4 is 5.73 Å². The van der Waals surface area contributed by atoms with Crippen molar-refractivity contribution in [2.75, 3.05) is 0 Å². The lowest BCUT2D eigenvalue weighted by atomic mass is 10.2. The van der Waals surface area contributed by atoms with Gasteiger partial charge < -0.3 is 10.3 Å². The molecule has 1 atom stereocenters. The summed E-state index contributed by atoms with van der Waals surface area (Å²) in [5.74, 6) is 0.983. The second-order valence-corrected chi connectivity index (χ2v) is 4.29. The highest BCUT2D eigenvalue weighted by Gasteiger charge is 2.15. The molecule has 2 rings (SSSR count). The highest BCUT2D eigenvalue weighted by Crippen LogP contribution is 2.21. The van der Waals surface area contributed by atoms with Gasteiger partial charge in [0.25, 0.3) is 5.89 Å². The van der Waals surface area contributed by atoms with Crippen LogP contribution in [0.15, 0.2) is 9.90 Å². The Labute approximate surface area is 91.3 Å². The minimum absolute atomic E-state index is 0.165. The van der Waals surface area contributed by atoms with Gasteiger partial charge in [-0.25, -0.2) is 4.98 Å². The topological polar surface area (TPSA) is 77.8 Å². The van der Waals surface area contributed by atoms with E-state index in [1.165, 1.54) is 0 Å². The molecule has 5 nitrogen and oxygen atoms in total. The molecular formula is C9H12N4OS. The van der Waals surface area contributed by atoms with Gasteiger partial charge in [0.2, 0.25) is 0 Å². The molecule has 6 heteroatoms. The molecule has 0 saturated carbocycles. The third kappa shape index (κ3) is 2.05. The Morgan fingerprint density at radius 2 is 2.33 bits per heavy atom. The summed E-state index contributed by atoms with van der Waals surface area (Å²) in [5, 5.41) is 6.70. The zero-order valence-corrected chi connectivity index (χ0v) is 9.41. The summed E-state index contributed by atoms with van der Waals surface area (Å²) in [6.07, 6.45) is 0.787. The fraction of sp³-hybridized carbons (Fsp3) is 0.444. The molecule has 2 heterocycles. The predicted octanol–water partition coefficient (Wildman–Crippen LogP) is 1.91. The zero-order valence-electron chi connectivity index (χ0n) is 8.60. The van der Waals surface area contributed by atoms with E-state index in [0.717, 1.165) is 17.1 Å². The summed E-state index contributed by atoms with van der Waals surface area (Å²) in [6.45, 7) is 3.91. The maximum absolute atomic E-state index is 5.79. The molecule has 0 aromatic carbocycles. The average molecular weight is 224 g/mol. The first-order valence-electron chi connectivity index (χ1n) is 4.72. The molecule has 0 aliphatic carbocycles. The van der Waals surface area contributed by atoms with Crippen LogP contribution in [-0.2, 0) is 0 Å². The molecule has 0 spiro atoms. The van der Waals surface area contributed by atoms with Crippen molar-refractivity contribution in [3.05, 3.63) is 16.2 Å². The number of hydrogen-bond acceptors (Lipinski definition) is 6. The molecule has 0 fully saturated rings. The molecule has 2 aromatic heterocycles. The van der Waals surface area contributed by atoms with E-state index in [2.05, 4.69) is 15.1 Å². The van der Waals surface area contributed by atoms with Crippen LogP contribution in [0.4, 0.5) is 0 Å². The van der Waals surface area contributed by atoms with Gasteiger partial charge in [0, 0.05) is 5.38 Å². The first-order valence-corrected chi connectivity index (χ1v) is 5.60. The van der Waals surface area contributed by atoms with Gasteiger partial charge in [0.15, 0.2) is 5.82 Å². The third-order valence-corrected chi connectivity index (χ3v) is 2.82. The van der Waals surface area contributed by atoms with Gasteiger partial charge in [0.05, 0.1) is 11.0 Å². The highest BCUT2D eigenvalue weighted by molar-refractivity contribution is 7.09. The van der Waals surface area contributed by atoms with Crippen LogP contribution in [-0.4, -0.2) is 15.1 Å². The van der Waals surface area contributed by atoms with Crippen LogP contribution in [0.1, 0.15) is 30.2 Å². The van der Waals surface area contributed by atoms with Crippen LogP contribution in [0.5, 0.6) is 0 Å². The Morgan fingerprint density at radius 3 is 2.93 bits per heavy atom. The molecule has 0 aliphatic heterocycles. The molecular weight excluding hydrogens is 212 g/mol. The number of rotatable bonds is 3. The van der Waals surface area contributed by atoms with E-state index in [1.54, 1.807) is 11.3 Å².